The predicted molar refractivity (Wildman–Crippen MR) is 100 cm³/mol. The van der Waals surface area contributed by atoms with E-state index in [2.05, 4.69) is 4.72 Å². The maximum Gasteiger partial charge on any atom is 0.240 e. The van der Waals surface area contributed by atoms with Crippen LogP contribution in [0.2, 0.25) is 0 Å². The number of aryl methyl sites for hydroxylation is 3. The molecule has 0 fully saturated rings. The second-order valence-corrected chi connectivity index (χ2v) is 7.92. The lowest BCUT2D eigenvalue weighted by Crippen LogP contribution is -2.37. The van der Waals surface area contributed by atoms with Crippen LogP contribution in [-0.4, -0.2) is 27.4 Å². The van der Waals surface area contributed by atoms with E-state index >= 15 is 0 Å². The molecule has 2 aromatic carbocycles. The normalized spacial score (nSPS) is 11.4. The van der Waals surface area contributed by atoms with Crippen molar-refractivity contribution in [3.05, 3.63) is 59.2 Å². The molecule has 0 aliphatic carbocycles. The van der Waals surface area contributed by atoms with E-state index in [0.29, 0.717) is 0 Å². The Morgan fingerprint density at radius 3 is 2.36 bits per heavy atom. The second-order valence-electron chi connectivity index (χ2n) is 6.15. The fourth-order valence-electron chi connectivity index (χ4n) is 2.52. The van der Waals surface area contributed by atoms with Gasteiger partial charge >= 0.3 is 0 Å². The average Bonchev–Trinajstić information content (AvgIpc) is 2.54. The highest BCUT2D eigenvalue weighted by Gasteiger charge is 2.16. The highest BCUT2D eigenvalue weighted by molar-refractivity contribution is 7.89. The third-order valence-electron chi connectivity index (χ3n) is 4.11. The lowest BCUT2D eigenvalue weighted by Gasteiger charge is -2.22. The van der Waals surface area contributed by atoms with E-state index < -0.39 is 10.0 Å². The standard InChI is InChI=1S/C19H24N2O3S/c1-14-6-5-7-19(12-14)25(23,24)20-10-11-21(17(4)22)18-9-8-15(2)16(3)13-18/h5-9,12-13,20H,10-11H2,1-4H3. The first-order chi connectivity index (χ1) is 11.7. The predicted octanol–water partition coefficient (Wildman–Crippen LogP) is 2.94. The van der Waals surface area contributed by atoms with Gasteiger partial charge in [-0.15, -0.1) is 0 Å². The van der Waals surface area contributed by atoms with Crippen LogP contribution in [0, 0.1) is 20.8 Å². The van der Waals surface area contributed by atoms with Gasteiger partial charge in [0.1, 0.15) is 0 Å². The second kappa shape index (κ2) is 7.80. The molecule has 6 heteroatoms. The lowest BCUT2D eigenvalue weighted by molar-refractivity contribution is -0.116. The zero-order valence-corrected chi connectivity index (χ0v) is 15.9. The summed E-state index contributed by atoms with van der Waals surface area (Å²) < 4.78 is 27.3. The van der Waals surface area contributed by atoms with Crippen molar-refractivity contribution in [2.75, 3.05) is 18.0 Å². The lowest BCUT2D eigenvalue weighted by atomic mass is 10.1. The molecule has 0 spiro atoms. The van der Waals surface area contributed by atoms with E-state index in [1.165, 1.54) is 6.92 Å². The number of sulfonamides is 1. The summed E-state index contributed by atoms with van der Waals surface area (Å²) in [4.78, 5) is 13.8. The molecule has 0 bridgehead atoms. The van der Waals surface area contributed by atoms with Crippen molar-refractivity contribution >= 4 is 21.6 Å². The molecule has 1 amide bonds. The Labute approximate surface area is 149 Å². The van der Waals surface area contributed by atoms with Crippen molar-refractivity contribution in [2.45, 2.75) is 32.6 Å². The van der Waals surface area contributed by atoms with Crippen molar-refractivity contribution in [3.63, 3.8) is 0 Å². The van der Waals surface area contributed by atoms with Gasteiger partial charge in [0, 0.05) is 25.7 Å². The molecule has 134 valence electrons. The third kappa shape index (κ3) is 4.90. The highest BCUT2D eigenvalue weighted by atomic mass is 32.2. The van der Waals surface area contributed by atoms with Gasteiger partial charge in [0.25, 0.3) is 0 Å². The first kappa shape index (κ1) is 19.1. The zero-order valence-electron chi connectivity index (χ0n) is 15.0. The monoisotopic (exact) mass is 360 g/mol. The molecule has 0 unspecified atom stereocenters. The Morgan fingerprint density at radius 2 is 1.76 bits per heavy atom. The highest BCUT2D eigenvalue weighted by Crippen LogP contribution is 2.19. The number of rotatable bonds is 6. The Morgan fingerprint density at radius 1 is 1.04 bits per heavy atom. The summed E-state index contributed by atoms with van der Waals surface area (Å²) in [7, 11) is -3.59. The van der Waals surface area contributed by atoms with Crippen molar-refractivity contribution in [1.29, 1.82) is 0 Å². The van der Waals surface area contributed by atoms with Gasteiger partial charge in [0.05, 0.1) is 4.90 Å². The Bertz CT molecular complexity index is 876. The minimum atomic E-state index is -3.59. The van der Waals surface area contributed by atoms with Gasteiger partial charge in [-0.3, -0.25) is 4.79 Å². The van der Waals surface area contributed by atoms with Gasteiger partial charge in [0.15, 0.2) is 0 Å². The summed E-state index contributed by atoms with van der Waals surface area (Å²) in [5.41, 5.74) is 3.88. The van der Waals surface area contributed by atoms with Crippen LogP contribution in [0.15, 0.2) is 47.4 Å². The molecule has 1 N–H and O–H groups in total. The summed E-state index contributed by atoms with van der Waals surface area (Å²) in [6.45, 7) is 7.72. The van der Waals surface area contributed by atoms with Gasteiger partial charge < -0.3 is 4.90 Å². The molecule has 2 aromatic rings. The van der Waals surface area contributed by atoms with Gasteiger partial charge in [0.2, 0.25) is 15.9 Å². The Hall–Kier alpha value is -2.18. The molecule has 0 heterocycles. The molecule has 25 heavy (non-hydrogen) atoms. The van der Waals surface area contributed by atoms with Crippen molar-refractivity contribution in [3.8, 4) is 0 Å². The van der Waals surface area contributed by atoms with Crippen LogP contribution in [0.25, 0.3) is 0 Å². The molecule has 0 saturated heterocycles. The first-order valence-corrected chi connectivity index (χ1v) is 9.61. The van der Waals surface area contributed by atoms with E-state index in [4.69, 9.17) is 0 Å². The van der Waals surface area contributed by atoms with E-state index in [9.17, 15) is 13.2 Å². The number of nitrogens with zero attached hydrogens (tertiary/aromatic N) is 1. The summed E-state index contributed by atoms with van der Waals surface area (Å²) in [5, 5.41) is 0. The minimum absolute atomic E-state index is 0.127. The Balaban J connectivity index is 2.09. The van der Waals surface area contributed by atoms with Crippen LogP contribution in [0.3, 0.4) is 0 Å². The molecule has 0 radical (unpaired) electrons. The number of anilines is 1. The number of benzene rings is 2. The number of carbonyl (C=O) groups excluding carboxylic acids is 1. The number of carbonyl (C=O) groups is 1. The summed E-state index contributed by atoms with van der Waals surface area (Å²) in [5.74, 6) is -0.127. The first-order valence-electron chi connectivity index (χ1n) is 8.12. The minimum Gasteiger partial charge on any atom is -0.311 e. The summed E-state index contributed by atoms with van der Waals surface area (Å²) >= 11 is 0. The summed E-state index contributed by atoms with van der Waals surface area (Å²) in [6, 6.07) is 12.5. The molecule has 0 aromatic heterocycles. The average molecular weight is 360 g/mol. The van der Waals surface area contributed by atoms with Gasteiger partial charge in [-0.2, -0.15) is 0 Å². The van der Waals surface area contributed by atoms with Crippen LogP contribution >= 0.6 is 0 Å². The van der Waals surface area contributed by atoms with Crippen molar-refractivity contribution in [2.24, 2.45) is 0 Å². The van der Waals surface area contributed by atoms with Gasteiger partial charge in [-0.25, -0.2) is 13.1 Å². The van der Waals surface area contributed by atoms with E-state index in [1.807, 2.05) is 45.0 Å². The molecule has 0 aliphatic heterocycles. The van der Waals surface area contributed by atoms with Gasteiger partial charge in [-0.1, -0.05) is 18.2 Å². The fourth-order valence-corrected chi connectivity index (χ4v) is 3.64. The van der Waals surface area contributed by atoms with E-state index in [1.54, 1.807) is 23.1 Å². The van der Waals surface area contributed by atoms with Crippen LogP contribution in [0.4, 0.5) is 5.69 Å². The maximum absolute atomic E-state index is 12.4. The van der Waals surface area contributed by atoms with Crippen LogP contribution in [0.1, 0.15) is 23.6 Å². The number of amides is 1. The molecule has 0 aliphatic rings. The fraction of sp³-hybridized carbons (Fsp3) is 0.316. The quantitative estimate of drug-likeness (QED) is 0.861. The largest absolute Gasteiger partial charge is 0.311 e. The molecule has 0 atom stereocenters. The van der Waals surface area contributed by atoms with Gasteiger partial charge in [-0.05, 0) is 61.7 Å². The van der Waals surface area contributed by atoms with Crippen LogP contribution in [-0.2, 0) is 14.8 Å². The topological polar surface area (TPSA) is 66.5 Å². The Kier molecular flexibility index (Phi) is 5.98. The SMILES string of the molecule is CC(=O)N(CCNS(=O)(=O)c1cccc(C)c1)c1ccc(C)c(C)c1. The maximum atomic E-state index is 12.4. The molecular formula is C19H24N2O3S. The van der Waals surface area contributed by atoms with Crippen LogP contribution in [0.5, 0.6) is 0 Å². The van der Waals surface area contributed by atoms with Crippen LogP contribution < -0.4 is 9.62 Å². The molecule has 0 saturated carbocycles. The van der Waals surface area contributed by atoms with Crippen molar-refractivity contribution in [1.82, 2.24) is 4.72 Å². The number of nitrogens with one attached hydrogen (secondary N) is 1. The number of hydrogen-bond acceptors (Lipinski definition) is 3. The van der Waals surface area contributed by atoms with E-state index in [0.717, 1.165) is 22.4 Å². The molecule has 2 rings (SSSR count). The molecular weight excluding hydrogens is 336 g/mol. The summed E-state index contributed by atoms with van der Waals surface area (Å²) in [6.07, 6.45) is 0. The van der Waals surface area contributed by atoms with Crippen molar-refractivity contribution < 1.29 is 13.2 Å². The third-order valence-corrected chi connectivity index (χ3v) is 5.57. The molecule has 5 nitrogen and oxygen atoms in total. The number of hydrogen-bond donors (Lipinski definition) is 1. The zero-order chi connectivity index (χ0) is 18.6. The smallest absolute Gasteiger partial charge is 0.240 e. The van der Waals surface area contributed by atoms with E-state index in [-0.39, 0.29) is 23.9 Å².